The first-order chi connectivity index (χ1) is 21.4. The lowest BCUT2D eigenvalue weighted by atomic mass is 9.93. The quantitative estimate of drug-likeness (QED) is 0.144. The average molecular weight is 645 g/mol. The van der Waals surface area contributed by atoms with Gasteiger partial charge in [0.05, 0.1) is 22.1 Å². The monoisotopic (exact) mass is 644 g/mol. The number of aryl methyl sites for hydroxylation is 1. The molecule has 0 radical (unpaired) electrons. The van der Waals surface area contributed by atoms with Gasteiger partial charge in [0, 0.05) is 32.9 Å². The first kappa shape index (κ1) is 39.9. The lowest BCUT2D eigenvalue weighted by Gasteiger charge is -2.18. The Hall–Kier alpha value is -3.11. The van der Waals surface area contributed by atoms with E-state index in [-0.39, 0.29) is 29.7 Å². The molecule has 1 unspecified atom stereocenters. The summed E-state index contributed by atoms with van der Waals surface area (Å²) in [7, 11) is 3.67. The Bertz CT molecular complexity index is 1140. The van der Waals surface area contributed by atoms with E-state index in [2.05, 4.69) is 44.8 Å². The maximum atomic E-state index is 12.2. The van der Waals surface area contributed by atoms with E-state index < -0.39 is 5.97 Å². The number of aldehydes is 1. The predicted molar refractivity (Wildman–Crippen MR) is 183 cm³/mol. The fourth-order valence-corrected chi connectivity index (χ4v) is 5.53. The number of carboxylic acid groups (broad SMARTS) is 1. The van der Waals surface area contributed by atoms with Gasteiger partial charge in [-0.05, 0) is 62.7 Å². The molecule has 3 rings (SSSR count). The molecule has 1 atom stereocenters. The normalized spacial score (nSPS) is 14.4. The third kappa shape index (κ3) is 18.5. The van der Waals surface area contributed by atoms with Gasteiger partial charge < -0.3 is 20.5 Å². The molecule has 252 valence electrons. The Balaban J connectivity index is 0.000000387. The standard InChI is InChI=1S/C17H21N3OS.C12H23NO3.C6H12O/c1-12-16(22-11-19-12)14-7-5-13(6-8-14)10-18-17(21)15-4-3-9-20(15)2;1-13-11(14)9-7-5-3-2-4-6-8-10-12(15)16;1-6(2,3)4-5-7/h5-8,11,15H,3-4,9-10H2,1-2H3,(H,18,21);2-10H2,1H3,(H,13,14)(H,15,16);5H,4H2,1-3H3. The van der Waals surface area contributed by atoms with Crippen LogP contribution in [0.2, 0.25) is 0 Å². The summed E-state index contributed by atoms with van der Waals surface area (Å²) in [5.74, 6) is -0.450. The van der Waals surface area contributed by atoms with Crippen molar-refractivity contribution in [3.05, 3.63) is 41.0 Å². The molecule has 0 saturated carbocycles. The van der Waals surface area contributed by atoms with Gasteiger partial charge in [-0.1, -0.05) is 77.1 Å². The van der Waals surface area contributed by atoms with Crippen LogP contribution in [0.5, 0.6) is 0 Å². The molecule has 2 amide bonds. The number of carbonyl (C=O) groups is 4. The predicted octanol–water partition coefficient (Wildman–Crippen LogP) is 6.78. The van der Waals surface area contributed by atoms with E-state index in [0.29, 0.717) is 19.4 Å². The van der Waals surface area contributed by atoms with Crippen LogP contribution in [0.1, 0.15) is 109 Å². The number of rotatable bonds is 15. The number of carboxylic acids is 1. The van der Waals surface area contributed by atoms with E-state index in [0.717, 1.165) is 81.9 Å². The molecule has 9 nitrogen and oxygen atoms in total. The first-order valence-electron chi connectivity index (χ1n) is 16.2. The summed E-state index contributed by atoms with van der Waals surface area (Å²) in [4.78, 5) is 50.7. The highest BCUT2D eigenvalue weighted by atomic mass is 32.1. The number of nitrogens with one attached hydrogen (secondary N) is 2. The molecule has 1 aromatic carbocycles. The van der Waals surface area contributed by atoms with E-state index in [4.69, 9.17) is 5.11 Å². The average Bonchev–Trinajstić information content (AvgIpc) is 3.62. The van der Waals surface area contributed by atoms with Crippen molar-refractivity contribution in [3.8, 4) is 10.4 Å². The Morgan fingerprint density at radius 3 is 2.07 bits per heavy atom. The summed E-state index contributed by atoms with van der Waals surface area (Å²) in [6.45, 7) is 9.76. The molecule has 2 aromatic rings. The molecule has 1 aliphatic rings. The minimum atomic E-state index is -0.703. The van der Waals surface area contributed by atoms with Crippen molar-refractivity contribution in [1.29, 1.82) is 0 Å². The fourth-order valence-electron chi connectivity index (χ4n) is 4.72. The molecule has 10 heteroatoms. The maximum Gasteiger partial charge on any atom is 0.303 e. The summed E-state index contributed by atoms with van der Waals surface area (Å²) in [5.41, 5.74) is 5.43. The third-order valence-electron chi connectivity index (χ3n) is 7.52. The van der Waals surface area contributed by atoms with E-state index in [9.17, 15) is 19.2 Å². The van der Waals surface area contributed by atoms with Crippen LogP contribution in [0.3, 0.4) is 0 Å². The summed E-state index contributed by atoms with van der Waals surface area (Å²) in [6.07, 6.45) is 11.8. The number of hydrogen-bond acceptors (Lipinski definition) is 7. The van der Waals surface area contributed by atoms with Gasteiger partial charge in [-0.25, -0.2) is 4.98 Å². The molecule has 1 saturated heterocycles. The van der Waals surface area contributed by atoms with Gasteiger partial charge in [0.15, 0.2) is 0 Å². The second-order valence-corrected chi connectivity index (χ2v) is 13.6. The molecular formula is C35H56N4O5S. The van der Waals surface area contributed by atoms with Crippen LogP contribution in [0.15, 0.2) is 29.8 Å². The zero-order valence-corrected chi connectivity index (χ0v) is 29.1. The number of amides is 2. The number of thiazole rings is 1. The van der Waals surface area contributed by atoms with Crippen molar-refractivity contribution in [1.82, 2.24) is 20.5 Å². The minimum Gasteiger partial charge on any atom is -0.481 e. The van der Waals surface area contributed by atoms with E-state index in [1.165, 1.54) is 10.4 Å². The zero-order chi connectivity index (χ0) is 33.7. The van der Waals surface area contributed by atoms with Gasteiger partial charge in [0.1, 0.15) is 6.29 Å². The van der Waals surface area contributed by atoms with Crippen molar-refractivity contribution in [2.24, 2.45) is 5.41 Å². The fraction of sp³-hybridized carbons (Fsp3) is 0.629. The second-order valence-electron chi connectivity index (χ2n) is 12.8. The summed E-state index contributed by atoms with van der Waals surface area (Å²) >= 11 is 1.66. The van der Waals surface area contributed by atoms with Crippen molar-refractivity contribution in [3.63, 3.8) is 0 Å². The Morgan fingerprint density at radius 2 is 1.62 bits per heavy atom. The summed E-state index contributed by atoms with van der Waals surface area (Å²) < 4.78 is 0. The highest BCUT2D eigenvalue weighted by molar-refractivity contribution is 7.13. The van der Waals surface area contributed by atoms with Crippen molar-refractivity contribution in [2.45, 2.75) is 117 Å². The number of aliphatic carboxylic acids is 1. The lowest BCUT2D eigenvalue weighted by Crippen LogP contribution is -2.41. The van der Waals surface area contributed by atoms with Crippen LogP contribution in [-0.4, -0.2) is 65.7 Å². The van der Waals surface area contributed by atoms with E-state index >= 15 is 0 Å². The smallest absolute Gasteiger partial charge is 0.303 e. The molecule has 0 spiro atoms. The largest absolute Gasteiger partial charge is 0.481 e. The van der Waals surface area contributed by atoms with Crippen LogP contribution in [-0.2, 0) is 25.7 Å². The van der Waals surface area contributed by atoms with Gasteiger partial charge in [-0.2, -0.15) is 0 Å². The summed E-state index contributed by atoms with van der Waals surface area (Å²) in [6, 6.07) is 8.40. The van der Waals surface area contributed by atoms with Gasteiger partial charge in [-0.15, -0.1) is 11.3 Å². The molecule has 3 N–H and O–H groups in total. The number of aromatic nitrogens is 1. The Kier molecular flexibility index (Phi) is 19.9. The zero-order valence-electron chi connectivity index (χ0n) is 28.3. The number of hydrogen-bond donors (Lipinski definition) is 3. The van der Waals surface area contributed by atoms with Crippen LogP contribution in [0.25, 0.3) is 10.4 Å². The molecule has 1 fully saturated rings. The number of unbranched alkanes of at least 4 members (excludes halogenated alkanes) is 6. The van der Waals surface area contributed by atoms with Gasteiger partial charge in [-0.3, -0.25) is 19.3 Å². The van der Waals surface area contributed by atoms with Crippen molar-refractivity contribution < 1.29 is 24.3 Å². The van der Waals surface area contributed by atoms with Crippen LogP contribution in [0, 0.1) is 12.3 Å². The number of benzene rings is 1. The Labute approximate surface area is 274 Å². The SMILES string of the molecule is CC(C)(C)CC=O.CNC(=O)CCCCCCCCCC(=O)O.Cc1ncsc1-c1ccc(CNC(=O)C2CCCN2C)cc1. The number of likely N-dealkylation sites (N-methyl/N-ethyl adjacent to an activating group) is 1. The number of likely N-dealkylation sites (tertiary alicyclic amines) is 1. The second kappa shape index (κ2) is 22.4. The molecular weight excluding hydrogens is 588 g/mol. The third-order valence-corrected chi connectivity index (χ3v) is 8.50. The molecule has 2 heterocycles. The molecule has 1 aromatic heterocycles. The highest BCUT2D eigenvalue weighted by Crippen LogP contribution is 2.27. The lowest BCUT2D eigenvalue weighted by molar-refractivity contribution is -0.137. The minimum absolute atomic E-state index is 0.0408. The van der Waals surface area contributed by atoms with Crippen molar-refractivity contribution in [2.75, 3.05) is 20.6 Å². The van der Waals surface area contributed by atoms with Crippen molar-refractivity contribution >= 4 is 35.4 Å². The maximum absolute atomic E-state index is 12.2. The molecule has 0 aliphatic carbocycles. The van der Waals surface area contributed by atoms with Gasteiger partial charge in [0.2, 0.25) is 11.8 Å². The Morgan fingerprint density at radius 1 is 1.02 bits per heavy atom. The number of carbonyl (C=O) groups excluding carboxylic acids is 3. The molecule has 45 heavy (non-hydrogen) atoms. The van der Waals surface area contributed by atoms with E-state index in [1.807, 2.05) is 40.3 Å². The first-order valence-corrected chi connectivity index (χ1v) is 17.1. The van der Waals surface area contributed by atoms with Crippen LogP contribution < -0.4 is 10.6 Å². The topological polar surface area (TPSA) is 129 Å². The summed E-state index contributed by atoms with van der Waals surface area (Å²) in [5, 5.41) is 14.1. The molecule has 0 bridgehead atoms. The van der Waals surface area contributed by atoms with Gasteiger partial charge in [0.25, 0.3) is 0 Å². The van der Waals surface area contributed by atoms with Gasteiger partial charge >= 0.3 is 5.97 Å². The van der Waals surface area contributed by atoms with E-state index in [1.54, 1.807) is 18.4 Å². The highest BCUT2D eigenvalue weighted by Gasteiger charge is 2.27. The number of nitrogens with zero attached hydrogens (tertiary/aromatic N) is 2. The van der Waals surface area contributed by atoms with Crippen LogP contribution in [0.4, 0.5) is 0 Å². The van der Waals surface area contributed by atoms with Crippen LogP contribution >= 0.6 is 11.3 Å². The molecule has 1 aliphatic heterocycles.